The van der Waals surface area contributed by atoms with Crippen LogP contribution < -0.4 is 15.0 Å². The van der Waals surface area contributed by atoms with Crippen molar-refractivity contribution in [3.05, 3.63) is 51.7 Å². The summed E-state index contributed by atoms with van der Waals surface area (Å²) in [6.07, 6.45) is 2.08. The van der Waals surface area contributed by atoms with Crippen LogP contribution in [0.5, 0.6) is 11.5 Å². The molecule has 26 heavy (non-hydrogen) atoms. The van der Waals surface area contributed by atoms with E-state index in [0.29, 0.717) is 24.5 Å². The van der Waals surface area contributed by atoms with E-state index >= 15 is 0 Å². The minimum absolute atomic E-state index is 0.0536. The zero-order valence-corrected chi connectivity index (χ0v) is 15.3. The monoisotopic (exact) mass is 355 g/mol. The number of rotatable bonds is 5. The third-order valence-corrected chi connectivity index (χ3v) is 5.16. The van der Waals surface area contributed by atoms with Gasteiger partial charge in [0.2, 0.25) is 6.79 Å². The molecule has 1 N–H and O–H groups in total. The lowest BCUT2D eigenvalue weighted by Crippen LogP contribution is -2.27. The number of hydrogen-bond donors (Lipinski definition) is 1. The molecule has 2 atom stereocenters. The standard InChI is InChI=1S/C20H25N3O3/c1-13(7-15-3-4-18-19(8-15)26-12-25-18)10-23-6-5-16(11-23)17-9-20(24)22-14(2)21-17/h3-4,8-9,13,16H,5-7,10-12H2,1-2H3,(H,21,22,24)/t13-,16+/m0/s1. The van der Waals surface area contributed by atoms with Gasteiger partial charge in [0.05, 0.1) is 5.69 Å². The molecule has 1 aromatic carbocycles. The van der Waals surface area contributed by atoms with Gasteiger partial charge in [-0.3, -0.25) is 4.79 Å². The lowest BCUT2D eigenvalue weighted by molar-refractivity contribution is 0.174. The number of aromatic nitrogens is 2. The van der Waals surface area contributed by atoms with E-state index in [1.807, 2.05) is 13.0 Å². The molecule has 0 unspecified atom stereocenters. The Bertz CT molecular complexity index is 848. The number of nitrogens with zero attached hydrogens (tertiary/aromatic N) is 2. The van der Waals surface area contributed by atoms with Gasteiger partial charge in [0.25, 0.3) is 5.56 Å². The van der Waals surface area contributed by atoms with Gasteiger partial charge in [0, 0.05) is 25.1 Å². The fourth-order valence-corrected chi connectivity index (χ4v) is 4.03. The van der Waals surface area contributed by atoms with Crippen molar-refractivity contribution in [2.45, 2.75) is 32.6 Å². The molecule has 138 valence electrons. The van der Waals surface area contributed by atoms with Gasteiger partial charge in [-0.25, -0.2) is 4.98 Å². The minimum Gasteiger partial charge on any atom is -0.454 e. The van der Waals surface area contributed by atoms with E-state index in [9.17, 15) is 4.79 Å². The van der Waals surface area contributed by atoms with Crippen LogP contribution in [0.15, 0.2) is 29.1 Å². The Morgan fingerprint density at radius 2 is 2.15 bits per heavy atom. The van der Waals surface area contributed by atoms with Crippen molar-refractivity contribution in [3.63, 3.8) is 0 Å². The van der Waals surface area contributed by atoms with Crippen LogP contribution in [0, 0.1) is 12.8 Å². The van der Waals surface area contributed by atoms with Crippen molar-refractivity contribution in [2.24, 2.45) is 5.92 Å². The lowest BCUT2D eigenvalue weighted by Gasteiger charge is -2.21. The van der Waals surface area contributed by atoms with Crippen LogP contribution in [-0.2, 0) is 6.42 Å². The van der Waals surface area contributed by atoms with Gasteiger partial charge in [-0.2, -0.15) is 0 Å². The summed E-state index contributed by atoms with van der Waals surface area (Å²) in [7, 11) is 0. The average Bonchev–Trinajstić information content (AvgIpc) is 3.22. The smallest absolute Gasteiger partial charge is 0.251 e. The van der Waals surface area contributed by atoms with Gasteiger partial charge in [-0.1, -0.05) is 13.0 Å². The lowest BCUT2D eigenvalue weighted by atomic mass is 10.00. The molecule has 4 rings (SSSR count). The molecule has 6 heteroatoms. The molecule has 0 saturated carbocycles. The van der Waals surface area contributed by atoms with Gasteiger partial charge in [0.15, 0.2) is 11.5 Å². The first-order valence-electron chi connectivity index (χ1n) is 9.25. The van der Waals surface area contributed by atoms with E-state index in [4.69, 9.17) is 9.47 Å². The SMILES string of the molecule is Cc1nc([C@@H]2CCN(C[C@@H](C)Cc3ccc4c(c3)OCO4)C2)cc(=O)[nH]1. The minimum atomic E-state index is -0.0536. The third kappa shape index (κ3) is 3.75. The van der Waals surface area contributed by atoms with Crippen LogP contribution in [0.25, 0.3) is 0 Å². The van der Waals surface area contributed by atoms with Crippen molar-refractivity contribution in [1.29, 1.82) is 0 Å². The quantitative estimate of drug-likeness (QED) is 0.892. The highest BCUT2D eigenvalue weighted by Crippen LogP contribution is 2.33. The van der Waals surface area contributed by atoms with Crippen molar-refractivity contribution in [2.75, 3.05) is 26.4 Å². The fourth-order valence-electron chi connectivity index (χ4n) is 4.03. The van der Waals surface area contributed by atoms with Gasteiger partial charge in [-0.05, 0) is 49.9 Å². The number of benzene rings is 1. The van der Waals surface area contributed by atoms with Crippen molar-refractivity contribution in [1.82, 2.24) is 14.9 Å². The average molecular weight is 355 g/mol. The predicted octanol–water partition coefficient (Wildman–Crippen LogP) is 2.48. The highest BCUT2D eigenvalue weighted by atomic mass is 16.7. The second-order valence-electron chi connectivity index (χ2n) is 7.50. The number of ether oxygens (including phenoxy) is 2. The van der Waals surface area contributed by atoms with E-state index < -0.39 is 0 Å². The van der Waals surface area contributed by atoms with Gasteiger partial charge >= 0.3 is 0 Å². The Labute approximate surface area is 153 Å². The molecule has 6 nitrogen and oxygen atoms in total. The molecular formula is C20H25N3O3. The van der Waals surface area contributed by atoms with Gasteiger partial charge in [0.1, 0.15) is 5.82 Å². The van der Waals surface area contributed by atoms with E-state index in [1.165, 1.54) is 5.56 Å². The topological polar surface area (TPSA) is 67.5 Å². The van der Waals surface area contributed by atoms with E-state index in [-0.39, 0.29) is 5.56 Å². The number of aromatic amines is 1. The van der Waals surface area contributed by atoms with Crippen molar-refractivity contribution >= 4 is 0 Å². The molecule has 1 saturated heterocycles. The first-order chi connectivity index (χ1) is 12.6. The third-order valence-electron chi connectivity index (χ3n) is 5.16. The molecule has 2 aromatic rings. The molecular weight excluding hydrogens is 330 g/mol. The number of nitrogens with one attached hydrogen (secondary N) is 1. The molecule has 3 heterocycles. The van der Waals surface area contributed by atoms with E-state index in [2.05, 4.69) is 33.9 Å². The van der Waals surface area contributed by atoms with Crippen LogP contribution in [-0.4, -0.2) is 41.3 Å². The fraction of sp³-hybridized carbons (Fsp3) is 0.500. The van der Waals surface area contributed by atoms with Crippen molar-refractivity contribution < 1.29 is 9.47 Å². The van der Waals surface area contributed by atoms with Crippen molar-refractivity contribution in [3.8, 4) is 11.5 Å². The number of fused-ring (bicyclic) bond motifs is 1. The summed E-state index contributed by atoms with van der Waals surface area (Å²) in [5, 5.41) is 0. The zero-order valence-electron chi connectivity index (χ0n) is 15.3. The molecule has 1 fully saturated rings. The Balaban J connectivity index is 1.34. The molecule has 0 amide bonds. The zero-order chi connectivity index (χ0) is 18.1. The maximum Gasteiger partial charge on any atom is 0.251 e. The summed E-state index contributed by atoms with van der Waals surface area (Å²) in [6, 6.07) is 7.86. The molecule has 2 aliphatic heterocycles. The first-order valence-corrected chi connectivity index (χ1v) is 9.25. The Hall–Kier alpha value is -2.34. The maximum absolute atomic E-state index is 11.7. The summed E-state index contributed by atoms with van der Waals surface area (Å²) in [5.41, 5.74) is 2.16. The van der Waals surface area contributed by atoms with Crippen LogP contribution in [0.1, 0.15) is 36.3 Å². The summed E-state index contributed by atoms with van der Waals surface area (Å²) >= 11 is 0. The molecule has 1 aromatic heterocycles. The second kappa shape index (κ2) is 7.11. The molecule has 0 radical (unpaired) electrons. The Kier molecular flexibility index (Phi) is 4.68. The van der Waals surface area contributed by atoms with Gasteiger partial charge in [-0.15, -0.1) is 0 Å². The highest BCUT2D eigenvalue weighted by Gasteiger charge is 2.26. The first kappa shape index (κ1) is 17.1. The summed E-state index contributed by atoms with van der Waals surface area (Å²) in [6.45, 7) is 7.52. The normalized spacial score (nSPS) is 20.5. The summed E-state index contributed by atoms with van der Waals surface area (Å²) in [4.78, 5) is 21.4. The highest BCUT2D eigenvalue weighted by molar-refractivity contribution is 5.44. The van der Waals surface area contributed by atoms with E-state index in [1.54, 1.807) is 6.07 Å². The van der Waals surface area contributed by atoms with Crippen LogP contribution in [0.4, 0.5) is 0 Å². The van der Waals surface area contributed by atoms with Crippen LogP contribution in [0.2, 0.25) is 0 Å². The molecule has 0 spiro atoms. The second-order valence-corrected chi connectivity index (χ2v) is 7.50. The maximum atomic E-state index is 11.7. The number of H-pyrrole nitrogens is 1. The number of likely N-dealkylation sites (tertiary alicyclic amines) is 1. The molecule has 0 bridgehead atoms. The number of hydrogen-bond acceptors (Lipinski definition) is 5. The number of aryl methyl sites for hydroxylation is 1. The van der Waals surface area contributed by atoms with Crippen LogP contribution >= 0.6 is 0 Å². The van der Waals surface area contributed by atoms with E-state index in [0.717, 1.165) is 49.7 Å². The van der Waals surface area contributed by atoms with Gasteiger partial charge < -0.3 is 19.4 Å². The molecule has 2 aliphatic rings. The summed E-state index contributed by atoms with van der Waals surface area (Å²) in [5.74, 6) is 3.29. The Morgan fingerprint density at radius 1 is 1.31 bits per heavy atom. The molecule has 0 aliphatic carbocycles. The van der Waals surface area contributed by atoms with Crippen LogP contribution in [0.3, 0.4) is 0 Å². The Morgan fingerprint density at radius 3 is 3.00 bits per heavy atom. The predicted molar refractivity (Wildman–Crippen MR) is 98.8 cm³/mol. The largest absolute Gasteiger partial charge is 0.454 e. The summed E-state index contributed by atoms with van der Waals surface area (Å²) < 4.78 is 10.8.